The zero-order valence-corrected chi connectivity index (χ0v) is 19.8. The monoisotopic (exact) mass is 498 g/mol. The maximum Gasteiger partial charge on any atom is 0.326 e. The zero-order valence-electron chi connectivity index (χ0n) is 19.8. The number of benzene rings is 1. The largest absolute Gasteiger partial charge is 0.480 e. The molecule has 2 bridgehead atoms. The van der Waals surface area contributed by atoms with Crippen LogP contribution in [0.1, 0.15) is 24.5 Å². The van der Waals surface area contributed by atoms with Gasteiger partial charge in [0.15, 0.2) is 0 Å². The predicted molar refractivity (Wildman–Crippen MR) is 131 cm³/mol. The molecule has 1 aromatic carbocycles. The number of nitrogen functional groups attached to an aromatic ring is 1. The van der Waals surface area contributed by atoms with E-state index in [4.69, 9.17) is 10.5 Å². The number of carbonyl (C=O) groups excluding carboxylic acids is 3. The van der Waals surface area contributed by atoms with E-state index in [1.807, 2.05) is 0 Å². The van der Waals surface area contributed by atoms with Crippen LogP contribution >= 0.6 is 0 Å². The average Bonchev–Trinajstić information content (AvgIpc) is 2.83. The molecule has 36 heavy (non-hydrogen) atoms. The number of amides is 4. The molecule has 12 nitrogen and oxygen atoms in total. The Bertz CT molecular complexity index is 1080. The number of aliphatic carboxylic acids is 1. The highest BCUT2D eigenvalue weighted by molar-refractivity contribution is 5.91. The number of nitrogens with zero attached hydrogens (tertiary/aromatic N) is 1. The quantitative estimate of drug-likeness (QED) is 0.343. The van der Waals surface area contributed by atoms with Crippen molar-refractivity contribution in [2.45, 2.75) is 44.3 Å². The molecule has 0 saturated carbocycles. The van der Waals surface area contributed by atoms with Gasteiger partial charge < -0.3 is 36.8 Å². The third-order valence-electron chi connectivity index (χ3n) is 5.42. The number of fused-ring (bicyclic) bond motifs is 12. The van der Waals surface area contributed by atoms with Gasteiger partial charge in [0, 0.05) is 30.8 Å². The molecule has 7 N–H and O–H groups in total. The Hall–Kier alpha value is -4.19. The second kappa shape index (κ2) is 12.5. The summed E-state index contributed by atoms with van der Waals surface area (Å²) in [5.41, 5.74) is 7.46. The lowest BCUT2D eigenvalue weighted by atomic mass is 10.0. The number of pyridine rings is 1. The first-order valence-corrected chi connectivity index (χ1v) is 11.5. The number of urea groups is 1. The van der Waals surface area contributed by atoms with E-state index < -0.39 is 30.0 Å². The summed E-state index contributed by atoms with van der Waals surface area (Å²) in [6, 6.07) is 6.60. The molecule has 2 aliphatic rings. The standard InChI is InChI=1S/C24H30N6O6/c1-14-13-36-9-8-21(31)28-17-5-2-15(3-6-17)10-18(22(32)27-14)29-24(35)30-19(23(33)34)11-16-4-7-20(25)26-12-16/h2-7,12,14,18-19H,8-11,13H2,1H3,(H2,25,26)(H,27,32)(H,28,31)(H,33,34)(H2,29,30,35)/t14-,18+,19?/m0/s1. The van der Waals surface area contributed by atoms with Gasteiger partial charge >= 0.3 is 12.0 Å². The molecule has 0 fully saturated rings. The number of nitrogens with two attached hydrogens (primary N) is 1. The Labute approximate surface area is 208 Å². The number of hydrogen-bond acceptors (Lipinski definition) is 7. The van der Waals surface area contributed by atoms with Crippen molar-refractivity contribution in [3.8, 4) is 0 Å². The summed E-state index contributed by atoms with van der Waals surface area (Å²) < 4.78 is 5.48. The van der Waals surface area contributed by atoms with E-state index in [1.54, 1.807) is 37.3 Å². The number of anilines is 2. The topological polar surface area (TPSA) is 185 Å². The van der Waals surface area contributed by atoms with Crippen molar-refractivity contribution in [1.29, 1.82) is 0 Å². The molecule has 3 heterocycles. The van der Waals surface area contributed by atoms with E-state index in [-0.39, 0.29) is 44.4 Å². The van der Waals surface area contributed by atoms with Gasteiger partial charge in [0.05, 0.1) is 19.6 Å². The molecule has 2 aliphatic heterocycles. The molecule has 0 spiro atoms. The maximum absolute atomic E-state index is 13.0. The van der Waals surface area contributed by atoms with Gasteiger partial charge in [-0.05, 0) is 36.2 Å². The highest BCUT2D eigenvalue weighted by atomic mass is 16.5. The molecule has 4 amide bonds. The van der Waals surface area contributed by atoms with Crippen LogP contribution in [0.25, 0.3) is 0 Å². The van der Waals surface area contributed by atoms with Crippen LogP contribution in [0, 0.1) is 0 Å². The molecule has 1 unspecified atom stereocenters. The van der Waals surface area contributed by atoms with Crippen LogP contribution in [-0.4, -0.2) is 65.2 Å². The Kier molecular flexibility index (Phi) is 9.17. The number of nitrogens with one attached hydrogen (secondary N) is 4. The molecular weight excluding hydrogens is 468 g/mol. The highest BCUT2D eigenvalue weighted by Crippen LogP contribution is 2.13. The predicted octanol–water partition coefficient (Wildman–Crippen LogP) is 0.434. The maximum atomic E-state index is 13.0. The molecule has 2 aromatic rings. The van der Waals surface area contributed by atoms with Gasteiger partial charge in [0.2, 0.25) is 11.8 Å². The summed E-state index contributed by atoms with van der Waals surface area (Å²) in [5.74, 6) is -1.59. The van der Waals surface area contributed by atoms with Crippen LogP contribution in [0.4, 0.5) is 16.3 Å². The fraction of sp³-hybridized carbons (Fsp3) is 0.375. The van der Waals surface area contributed by atoms with Crippen LogP contribution < -0.4 is 27.0 Å². The van der Waals surface area contributed by atoms with Gasteiger partial charge in [-0.15, -0.1) is 0 Å². The smallest absolute Gasteiger partial charge is 0.326 e. The second-order valence-corrected chi connectivity index (χ2v) is 8.54. The number of carboxylic acids is 1. The van der Waals surface area contributed by atoms with Gasteiger partial charge in [0.1, 0.15) is 17.9 Å². The summed E-state index contributed by atoms with van der Waals surface area (Å²) in [7, 11) is 0. The number of carbonyl (C=O) groups is 4. The molecule has 4 rings (SSSR count). The summed E-state index contributed by atoms with van der Waals surface area (Å²) in [6.07, 6.45) is 1.73. The molecule has 192 valence electrons. The molecule has 0 radical (unpaired) electrons. The lowest BCUT2D eigenvalue weighted by molar-refractivity contribution is -0.139. The molecular formula is C24H30N6O6. The number of aromatic nitrogens is 1. The third-order valence-corrected chi connectivity index (χ3v) is 5.42. The van der Waals surface area contributed by atoms with E-state index in [9.17, 15) is 24.3 Å². The van der Waals surface area contributed by atoms with Crippen LogP contribution in [0.5, 0.6) is 0 Å². The van der Waals surface area contributed by atoms with Crippen molar-refractivity contribution in [1.82, 2.24) is 20.9 Å². The van der Waals surface area contributed by atoms with Crippen molar-refractivity contribution >= 4 is 35.3 Å². The SMILES string of the molecule is C[C@H]1COCCC(=O)Nc2ccc(cc2)C[C@@H](NC(=O)NC(Cc2ccc(N)nc2)C(=O)O)C(=O)N1. The Morgan fingerprint density at radius 3 is 2.64 bits per heavy atom. The van der Waals surface area contributed by atoms with Gasteiger partial charge in [0.25, 0.3) is 0 Å². The lowest BCUT2D eigenvalue weighted by Gasteiger charge is -2.23. The van der Waals surface area contributed by atoms with Crippen molar-refractivity contribution in [2.24, 2.45) is 0 Å². The van der Waals surface area contributed by atoms with Gasteiger partial charge in [-0.1, -0.05) is 18.2 Å². The van der Waals surface area contributed by atoms with E-state index in [1.165, 1.54) is 12.3 Å². The van der Waals surface area contributed by atoms with Gasteiger partial charge in [-0.3, -0.25) is 9.59 Å². The fourth-order valence-corrected chi connectivity index (χ4v) is 3.55. The number of carboxylic acid groups (broad SMARTS) is 1. The first kappa shape index (κ1) is 26.4. The summed E-state index contributed by atoms with van der Waals surface area (Å²) in [4.78, 5) is 53.4. The van der Waals surface area contributed by atoms with Crippen LogP contribution in [-0.2, 0) is 32.0 Å². The lowest BCUT2D eigenvalue weighted by Crippen LogP contribution is -2.55. The first-order valence-electron chi connectivity index (χ1n) is 11.5. The minimum absolute atomic E-state index is 0.0194. The summed E-state index contributed by atoms with van der Waals surface area (Å²) >= 11 is 0. The minimum atomic E-state index is -1.25. The van der Waals surface area contributed by atoms with Crippen LogP contribution in [0.3, 0.4) is 0 Å². The van der Waals surface area contributed by atoms with Crippen LogP contribution in [0.2, 0.25) is 0 Å². The van der Waals surface area contributed by atoms with Crippen molar-refractivity contribution < 1.29 is 29.0 Å². The Morgan fingerprint density at radius 2 is 1.97 bits per heavy atom. The van der Waals surface area contributed by atoms with Gasteiger partial charge in [-0.25, -0.2) is 14.6 Å². The van der Waals surface area contributed by atoms with E-state index in [2.05, 4.69) is 26.3 Å². The second-order valence-electron chi connectivity index (χ2n) is 8.54. The molecule has 0 aliphatic carbocycles. The normalized spacial score (nSPS) is 19.7. The summed E-state index contributed by atoms with van der Waals surface area (Å²) in [5, 5.41) is 20.1. The van der Waals surface area contributed by atoms with E-state index in [0.717, 1.165) is 5.56 Å². The number of rotatable bonds is 5. The zero-order chi connectivity index (χ0) is 26.1. The molecule has 3 atom stereocenters. The van der Waals surface area contributed by atoms with E-state index >= 15 is 0 Å². The number of ether oxygens (including phenoxy) is 1. The Balaban J connectivity index is 1.72. The average molecular weight is 499 g/mol. The van der Waals surface area contributed by atoms with Crippen LogP contribution in [0.15, 0.2) is 42.6 Å². The molecule has 1 aromatic heterocycles. The highest BCUT2D eigenvalue weighted by Gasteiger charge is 2.26. The van der Waals surface area contributed by atoms with E-state index in [0.29, 0.717) is 17.1 Å². The number of hydrogen-bond donors (Lipinski definition) is 6. The Morgan fingerprint density at radius 1 is 1.22 bits per heavy atom. The van der Waals surface area contributed by atoms with Crippen molar-refractivity contribution in [2.75, 3.05) is 24.3 Å². The molecule has 12 heteroatoms. The van der Waals surface area contributed by atoms with Gasteiger partial charge in [-0.2, -0.15) is 0 Å². The minimum Gasteiger partial charge on any atom is -0.480 e. The first-order chi connectivity index (χ1) is 17.2. The third kappa shape index (κ3) is 8.24. The van der Waals surface area contributed by atoms with Crippen molar-refractivity contribution in [3.63, 3.8) is 0 Å². The van der Waals surface area contributed by atoms with Crippen molar-refractivity contribution in [3.05, 3.63) is 53.7 Å². The summed E-state index contributed by atoms with van der Waals surface area (Å²) in [6.45, 7) is 2.11. The molecule has 0 saturated heterocycles. The fourth-order valence-electron chi connectivity index (χ4n) is 3.55.